The molecule has 10 heteroatoms. The lowest BCUT2D eigenvalue weighted by Gasteiger charge is -2.33. The predicted octanol–water partition coefficient (Wildman–Crippen LogP) is 0.789. The monoisotopic (exact) mass is 441 g/mol. The molecule has 0 amide bonds. The van der Waals surface area contributed by atoms with Gasteiger partial charge in [-0.05, 0) is 27.7 Å². The van der Waals surface area contributed by atoms with Crippen molar-refractivity contribution in [3.8, 4) is 0 Å². The highest BCUT2D eigenvalue weighted by atomic mass is 16.6. The second kappa shape index (κ2) is 14.3. The number of carbonyl (C=O) groups excluding carboxylic acids is 4. The molecular formula is C21H31NO9. The number of nitrogens with zero attached hydrogens (tertiary/aromatic N) is 1. The third-order valence-corrected chi connectivity index (χ3v) is 3.81. The molecule has 0 aliphatic carbocycles. The zero-order valence-corrected chi connectivity index (χ0v) is 18.4. The van der Waals surface area contributed by atoms with Gasteiger partial charge in [-0.15, -0.1) is 0 Å². The molecule has 1 aliphatic heterocycles. The molecule has 1 saturated heterocycles. The summed E-state index contributed by atoms with van der Waals surface area (Å²) in [6.45, 7) is 8.81. The number of carbonyl (C=O) groups is 4. The lowest BCUT2D eigenvalue weighted by Crippen LogP contribution is -2.48. The number of ether oxygens (including phenoxy) is 5. The Morgan fingerprint density at radius 1 is 0.742 bits per heavy atom. The summed E-state index contributed by atoms with van der Waals surface area (Å²) in [7, 11) is 0. The van der Waals surface area contributed by atoms with Gasteiger partial charge in [-0.3, -0.25) is 4.90 Å². The normalized spacial score (nSPS) is 15.1. The lowest BCUT2D eigenvalue weighted by atomic mass is 10.2. The van der Waals surface area contributed by atoms with E-state index >= 15 is 0 Å². The van der Waals surface area contributed by atoms with Crippen LogP contribution >= 0.6 is 0 Å². The first-order valence-corrected chi connectivity index (χ1v) is 10.1. The van der Waals surface area contributed by atoms with E-state index < -0.39 is 29.9 Å². The van der Waals surface area contributed by atoms with Crippen molar-refractivity contribution in [2.45, 2.75) is 45.9 Å². The minimum absolute atomic E-state index is 0.0607. The van der Waals surface area contributed by atoms with Crippen LogP contribution in [0.5, 0.6) is 0 Å². The van der Waals surface area contributed by atoms with Crippen molar-refractivity contribution in [1.82, 2.24) is 4.90 Å². The third kappa shape index (κ3) is 12.5. The first-order chi connectivity index (χ1) is 14.7. The Kier molecular flexibility index (Phi) is 12.2. The molecule has 0 bridgehead atoms. The fraction of sp³-hybridized carbons (Fsp3) is 0.619. The molecule has 31 heavy (non-hydrogen) atoms. The maximum Gasteiger partial charge on any atom is 0.331 e. The molecule has 0 spiro atoms. The fourth-order valence-corrected chi connectivity index (χ4v) is 2.47. The van der Waals surface area contributed by atoms with Gasteiger partial charge in [0.15, 0.2) is 0 Å². The van der Waals surface area contributed by atoms with Crippen LogP contribution in [0.1, 0.15) is 27.7 Å². The lowest BCUT2D eigenvalue weighted by molar-refractivity contribution is -0.147. The molecule has 0 unspecified atom stereocenters. The molecule has 0 N–H and O–H groups in total. The molecule has 0 atom stereocenters. The molecule has 1 heterocycles. The second-order valence-electron chi connectivity index (χ2n) is 7.20. The van der Waals surface area contributed by atoms with Crippen molar-refractivity contribution in [3.05, 3.63) is 24.3 Å². The molecule has 10 nitrogen and oxygen atoms in total. The van der Waals surface area contributed by atoms with Crippen LogP contribution in [0.3, 0.4) is 0 Å². The SMILES string of the molecule is CC(C)OC(=O)/C=C/C(=O)OCC(COC(=O)/C=C/C(=O)OC(C)C)N1CCOCC1. The molecule has 0 radical (unpaired) electrons. The van der Waals surface area contributed by atoms with Gasteiger partial charge >= 0.3 is 23.9 Å². The van der Waals surface area contributed by atoms with Gasteiger partial charge in [0.25, 0.3) is 0 Å². The van der Waals surface area contributed by atoms with Crippen molar-refractivity contribution >= 4 is 23.9 Å². The van der Waals surface area contributed by atoms with Crippen molar-refractivity contribution < 1.29 is 42.9 Å². The van der Waals surface area contributed by atoms with E-state index in [0.29, 0.717) is 26.3 Å². The summed E-state index contributed by atoms with van der Waals surface area (Å²) in [6.07, 6.45) is 3.36. The molecule has 0 saturated carbocycles. The van der Waals surface area contributed by atoms with Crippen LogP contribution in [0, 0.1) is 0 Å². The molecule has 1 rings (SSSR count). The van der Waals surface area contributed by atoms with Crippen LogP contribution in [0.2, 0.25) is 0 Å². The van der Waals surface area contributed by atoms with Crippen LogP contribution in [0.15, 0.2) is 24.3 Å². The van der Waals surface area contributed by atoms with E-state index in [-0.39, 0.29) is 25.4 Å². The molecular weight excluding hydrogens is 410 g/mol. The van der Waals surface area contributed by atoms with Gasteiger partial charge in [0, 0.05) is 37.4 Å². The van der Waals surface area contributed by atoms with Crippen LogP contribution in [0.25, 0.3) is 0 Å². The van der Waals surface area contributed by atoms with Crippen molar-refractivity contribution in [2.24, 2.45) is 0 Å². The van der Waals surface area contributed by atoms with E-state index in [1.807, 2.05) is 4.90 Å². The Morgan fingerprint density at radius 2 is 1.13 bits per heavy atom. The van der Waals surface area contributed by atoms with Gasteiger partial charge in [-0.2, -0.15) is 0 Å². The van der Waals surface area contributed by atoms with Gasteiger partial charge in [-0.1, -0.05) is 0 Å². The molecule has 0 aromatic carbocycles. The minimum atomic E-state index is -0.721. The standard InChI is InChI=1S/C21H31NO9/c1-15(2)30-20(25)7-5-18(23)28-13-17(22-9-11-27-12-10-22)14-29-19(24)6-8-21(26)31-16(3)4/h5-8,15-17H,9-14H2,1-4H3/b7-5+,8-6+. The highest BCUT2D eigenvalue weighted by Crippen LogP contribution is 2.07. The smallest absolute Gasteiger partial charge is 0.331 e. The summed E-state index contributed by atoms with van der Waals surface area (Å²) in [5.41, 5.74) is 0. The van der Waals surface area contributed by atoms with Crippen LogP contribution in [0.4, 0.5) is 0 Å². The third-order valence-electron chi connectivity index (χ3n) is 3.81. The van der Waals surface area contributed by atoms with E-state index in [0.717, 1.165) is 24.3 Å². The number of morpholine rings is 1. The predicted molar refractivity (Wildman–Crippen MR) is 109 cm³/mol. The Balaban J connectivity index is 2.57. The molecule has 0 aromatic rings. The average Bonchev–Trinajstić information content (AvgIpc) is 2.70. The highest BCUT2D eigenvalue weighted by Gasteiger charge is 2.23. The van der Waals surface area contributed by atoms with Crippen molar-refractivity contribution in [2.75, 3.05) is 39.5 Å². The van der Waals surface area contributed by atoms with E-state index in [4.69, 9.17) is 23.7 Å². The van der Waals surface area contributed by atoms with Gasteiger partial charge in [-0.25, -0.2) is 19.2 Å². The van der Waals surface area contributed by atoms with Gasteiger partial charge in [0.05, 0.1) is 31.5 Å². The number of esters is 4. The summed E-state index contributed by atoms with van der Waals surface area (Å²) in [4.78, 5) is 48.7. The Labute approximate surface area is 182 Å². The first-order valence-electron chi connectivity index (χ1n) is 10.1. The van der Waals surface area contributed by atoms with E-state index in [2.05, 4.69) is 0 Å². The van der Waals surface area contributed by atoms with E-state index in [1.54, 1.807) is 27.7 Å². The van der Waals surface area contributed by atoms with E-state index in [9.17, 15) is 19.2 Å². The van der Waals surface area contributed by atoms with Gasteiger partial charge < -0.3 is 23.7 Å². The summed E-state index contributed by atoms with van der Waals surface area (Å²) in [6, 6.07) is -0.413. The molecule has 1 aliphatic rings. The highest BCUT2D eigenvalue weighted by molar-refractivity contribution is 5.92. The minimum Gasteiger partial charge on any atom is -0.461 e. The average molecular weight is 441 g/mol. The van der Waals surface area contributed by atoms with Gasteiger partial charge in [0.1, 0.15) is 13.2 Å². The maximum absolute atomic E-state index is 11.9. The number of hydrogen-bond donors (Lipinski definition) is 0. The number of rotatable bonds is 11. The second-order valence-corrected chi connectivity index (χ2v) is 7.20. The van der Waals surface area contributed by atoms with Crippen LogP contribution < -0.4 is 0 Å². The largest absolute Gasteiger partial charge is 0.461 e. The summed E-state index contributed by atoms with van der Waals surface area (Å²) in [5, 5.41) is 0. The molecule has 0 aromatic heterocycles. The maximum atomic E-state index is 11.9. The Morgan fingerprint density at radius 3 is 1.52 bits per heavy atom. The Hall–Kier alpha value is -2.72. The van der Waals surface area contributed by atoms with Crippen LogP contribution in [-0.2, 0) is 42.9 Å². The van der Waals surface area contributed by atoms with Crippen molar-refractivity contribution in [3.63, 3.8) is 0 Å². The topological polar surface area (TPSA) is 118 Å². The molecule has 174 valence electrons. The first kappa shape index (κ1) is 26.3. The summed E-state index contributed by atoms with van der Waals surface area (Å²) in [5.74, 6) is -2.73. The quantitative estimate of drug-likeness (QED) is 0.259. The van der Waals surface area contributed by atoms with Crippen LogP contribution in [-0.4, -0.2) is 86.5 Å². The van der Waals surface area contributed by atoms with E-state index in [1.165, 1.54) is 0 Å². The Bertz CT molecular complexity index is 616. The zero-order valence-electron chi connectivity index (χ0n) is 18.4. The van der Waals surface area contributed by atoms with Gasteiger partial charge in [0.2, 0.25) is 0 Å². The number of hydrogen-bond acceptors (Lipinski definition) is 10. The zero-order chi connectivity index (χ0) is 23.2. The van der Waals surface area contributed by atoms with Crippen molar-refractivity contribution in [1.29, 1.82) is 0 Å². The summed E-state index contributed by atoms with van der Waals surface area (Å²) < 4.78 is 25.5. The summed E-state index contributed by atoms with van der Waals surface area (Å²) >= 11 is 0. The fourth-order valence-electron chi connectivity index (χ4n) is 2.47. The molecule has 1 fully saturated rings.